The summed E-state index contributed by atoms with van der Waals surface area (Å²) in [4.78, 5) is 11.5. The van der Waals surface area contributed by atoms with Crippen LogP contribution in [0, 0.1) is 40.7 Å². The summed E-state index contributed by atoms with van der Waals surface area (Å²) in [7, 11) is 0. The average molecular weight is 324 g/mol. The minimum absolute atomic E-state index is 0.273. The minimum Gasteiger partial charge on any atom is -0.416 e. The average Bonchev–Trinajstić information content (AvgIpc) is 2.47. The van der Waals surface area contributed by atoms with Crippen molar-refractivity contribution >= 4 is 5.97 Å². The van der Waals surface area contributed by atoms with Crippen molar-refractivity contribution in [2.45, 2.75) is 0 Å². The quantitative estimate of drug-likeness (QED) is 0.275. The fourth-order valence-electron chi connectivity index (χ4n) is 1.48. The summed E-state index contributed by atoms with van der Waals surface area (Å²) in [6.45, 7) is 0. The van der Waals surface area contributed by atoms with Gasteiger partial charge in [0.1, 0.15) is 11.6 Å². The van der Waals surface area contributed by atoms with Crippen molar-refractivity contribution in [2.24, 2.45) is 0 Å². The zero-order chi connectivity index (χ0) is 16.6. The van der Waals surface area contributed by atoms with Gasteiger partial charge in [0.05, 0.1) is 5.56 Å². The molecule has 2 aromatic rings. The Morgan fingerprint density at radius 3 is 1.77 bits per heavy atom. The molecule has 0 atom stereocenters. The van der Waals surface area contributed by atoms with E-state index in [2.05, 4.69) is 4.74 Å². The highest BCUT2D eigenvalue weighted by Gasteiger charge is 2.29. The highest BCUT2D eigenvalue weighted by atomic mass is 19.2. The summed E-state index contributed by atoms with van der Waals surface area (Å²) in [5.74, 6) is -18.0. The van der Waals surface area contributed by atoms with E-state index < -0.39 is 58.0 Å². The lowest BCUT2D eigenvalue weighted by molar-refractivity contribution is 0.0711. The molecule has 0 amide bonds. The predicted octanol–water partition coefficient (Wildman–Crippen LogP) is 3.88. The van der Waals surface area contributed by atoms with Crippen LogP contribution in [0.3, 0.4) is 0 Å². The van der Waals surface area contributed by atoms with Gasteiger partial charge in [-0.3, -0.25) is 0 Å². The van der Waals surface area contributed by atoms with Crippen molar-refractivity contribution in [1.29, 1.82) is 0 Å². The number of carbonyl (C=O) groups excluding carboxylic acids is 1. The molecule has 0 aliphatic heterocycles. The number of rotatable bonds is 2. The maximum absolute atomic E-state index is 13.3. The highest BCUT2D eigenvalue weighted by Crippen LogP contribution is 2.29. The molecule has 0 saturated carbocycles. The Kier molecular flexibility index (Phi) is 4.07. The van der Waals surface area contributed by atoms with Crippen LogP contribution >= 0.6 is 0 Å². The molecule has 2 nitrogen and oxygen atoms in total. The van der Waals surface area contributed by atoms with Crippen LogP contribution < -0.4 is 4.74 Å². The van der Waals surface area contributed by atoms with Crippen molar-refractivity contribution in [3.63, 3.8) is 0 Å². The first-order chi connectivity index (χ1) is 10.2. The van der Waals surface area contributed by atoms with E-state index in [4.69, 9.17) is 0 Å². The third kappa shape index (κ3) is 2.61. The molecule has 0 aromatic heterocycles. The molecule has 2 rings (SSSR count). The van der Waals surface area contributed by atoms with Crippen LogP contribution in [-0.2, 0) is 0 Å². The van der Waals surface area contributed by atoms with Crippen LogP contribution in [0.15, 0.2) is 18.2 Å². The molecule has 0 radical (unpaired) electrons. The molecule has 0 saturated heterocycles. The molecule has 0 heterocycles. The Bertz CT molecular complexity index is 744. The number of hydrogen-bond donors (Lipinski definition) is 0. The van der Waals surface area contributed by atoms with Crippen LogP contribution in [0.25, 0.3) is 0 Å². The Morgan fingerprint density at radius 2 is 1.27 bits per heavy atom. The summed E-state index contributed by atoms with van der Waals surface area (Å²) in [6, 6.07) is 1.49. The van der Waals surface area contributed by atoms with Crippen LogP contribution in [0.5, 0.6) is 5.75 Å². The van der Waals surface area contributed by atoms with Gasteiger partial charge in [0.2, 0.25) is 34.8 Å². The first kappa shape index (κ1) is 15.8. The highest BCUT2D eigenvalue weighted by molar-refractivity contribution is 5.91. The van der Waals surface area contributed by atoms with Gasteiger partial charge in [-0.1, -0.05) is 0 Å². The van der Waals surface area contributed by atoms with E-state index in [9.17, 15) is 35.5 Å². The third-order valence-electron chi connectivity index (χ3n) is 2.52. The maximum Gasteiger partial charge on any atom is 0.346 e. The number of halogens is 7. The molecule has 116 valence electrons. The Hall–Kier alpha value is -2.58. The molecule has 22 heavy (non-hydrogen) atoms. The van der Waals surface area contributed by atoms with Gasteiger partial charge in [-0.15, -0.1) is 0 Å². The van der Waals surface area contributed by atoms with Crippen LogP contribution in [0.4, 0.5) is 30.7 Å². The van der Waals surface area contributed by atoms with E-state index in [1.807, 2.05) is 0 Å². The molecule has 0 N–H and O–H groups in total. The van der Waals surface area contributed by atoms with Crippen molar-refractivity contribution < 1.29 is 40.3 Å². The lowest BCUT2D eigenvalue weighted by atomic mass is 10.2. The maximum atomic E-state index is 13.3. The monoisotopic (exact) mass is 324 g/mol. The largest absolute Gasteiger partial charge is 0.416 e. The fourth-order valence-corrected chi connectivity index (χ4v) is 1.48. The number of benzene rings is 2. The smallest absolute Gasteiger partial charge is 0.346 e. The molecule has 0 aliphatic rings. The van der Waals surface area contributed by atoms with Crippen LogP contribution in [0.1, 0.15) is 10.4 Å². The van der Waals surface area contributed by atoms with E-state index in [0.717, 1.165) is 0 Å². The summed E-state index contributed by atoms with van der Waals surface area (Å²) in [5.41, 5.74) is -0.953. The van der Waals surface area contributed by atoms with Gasteiger partial charge in [0.25, 0.3) is 0 Å². The summed E-state index contributed by atoms with van der Waals surface area (Å²) in [5, 5.41) is 0. The Balaban J connectivity index is 2.45. The zero-order valence-corrected chi connectivity index (χ0v) is 10.2. The van der Waals surface area contributed by atoms with Crippen molar-refractivity contribution in [1.82, 2.24) is 0 Å². The Labute approximate surface area is 117 Å². The van der Waals surface area contributed by atoms with Gasteiger partial charge in [-0.05, 0) is 12.1 Å². The van der Waals surface area contributed by atoms with E-state index in [-0.39, 0.29) is 6.07 Å². The van der Waals surface area contributed by atoms with Crippen LogP contribution in [-0.4, -0.2) is 5.97 Å². The standard InChI is InChI=1S/C13H3F7O2/c14-4-1-2-5(6(15)3-4)13(21)22-12-10(19)8(17)7(16)9(18)11(12)20/h1-3H. The fraction of sp³-hybridized carbons (Fsp3) is 0. The zero-order valence-electron chi connectivity index (χ0n) is 10.2. The predicted molar refractivity (Wildman–Crippen MR) is 57.5 cm³/mol. The molecule has 0 fully saturated rings. The summed E-state index contributed by atoms with van der Waals surface area (Å²) in [6.07, 6.45) is 0. The minimum atomic E-state index is -2.44. The van der Waals surface area contributed by atoms with Gasteiger partial charge in [-0.25, -0.2) is 26.7 Å². The molecular formula is C13H3F7O2. The van der Waals surface area contributed by atoms with Crippen molar-refractivity contribution in [3.8, 4) is 5.75 Å². The second-order valence-electron chi connectivity index (χ2n) is 3.91. The molecule has 0 aliphatic carbocycles. The first-order valence-corrected chi connectivity index (χ1v) is 5.42. The summed E-state index contributed by atoms with van der Waals surface area (Å²) >= 11 is 0. The first-order valence-electron chi connectivity index (χ1n) is 5.42. The lowest BCUT2D eigenvalue weighted by Gasteiger charge is -2.09. The number of ether oxygens (including phenoxy) is 1. The van der Waals surface area contributed by atoms with E-state index in [1.165, 1.54) is 0 Å². The van der Waals surface area contributed by atoms with Crippen molar-refractivity contribution in [2.75, 3.05) is 0 Å². The second-order valence-corrected chi connectivity index (χ2v) is 3.91. The molecule has 2 aromatic carbocycles. The third-order valence-corrected chi connectivity index (χ3v) is 2.52. The van der Waals surface area contributed by atoms with E-state index >= 15 is 0 Å². The molecule has 0 bridgehead atoms. The summed E-state index contributed by atoms with van der Waals surface area (Å²) < 4.78 is 95.2. The van der Waals surface area contributed by atoms with Gasteiger partial charge in [-0.2, -0.15) is 8.78 Å². The normalized spacial score (nSPS) is 10.7. The molecule has 0 unspecified atom stereocenters. The van der Waals surface area contributed by atoms with Gasteiger partial charge in [0, 0.05) is 6.07 Å². The second kappa shape index (κ2) is 5.66. The van der Waals surface area contributed by atoms with Crippen molar-refractivity contribution in [3.05, 3.63) is 64.5 Å². The molecule has 9 heteroatoms. The van der Waals surface area contributed by atoms with Gasteiger partial charge >= 0.3 is 5.97 Å². The lowest BCUT2D eigenvalue weighted by Crippen LogP contribution is -2.15. The van der Waals surface area contributed by atoms with Gasteiger partial charge < -0.3 is 4.74 Å². The van der Waals surface area contributed by atoms with E-state index in [1.54, 1.807) is 0 Å². The van der Waals surface area contributed by atoms with E-state index in [0.29, 0.717) is 12.1 Å². The number of carbonyl (C=O) groups is 1. The molecule has 0 spiro atoms. The van der Waals surface area contributed by atoms with Crippen LogP contribution in [0.2, 0.25) is 0 Å². The number of hydrogen-bond acceptors (Lipinski definition) is 2. The topological polar surface area (TPSA) is 26.3 Å². The Morgan fingerprint density at radius 1 is 0.773 bits per heavy atom. The SMILES string of the molecule is O=C(Oc1c(F)c(F)c(F)c(F)c1F)c1ccc(F)cc1F. The number of esters is 1. The molecular weight excluding hydrogens is 321 g/mol. The van der Waals surface area contributed by atoms with Gasteiger partial charge in [0.15, 0.2) is 0 Å².